The maximum atomic E-state index is 10.7. The largest absolute Gasteiger partial charge is 0.309 e. The van der Waals surface area contributed by atoms with Gasteiger partial charge < -0.3 is 5.32 Å². The number of hydrogen-bond acceptors (Lipinski definition) is 4. The van der Waals surface area contributed by atoms with Crippen molar-refractivity contribution in [2.24, 2.45) is 5.14 Å². The van der Waals surface area contributed by atoms with Gasteiger partial charge in [-0.05, 0) is 18.6 Å². The van der Waals surface area contributed by atoms with E-state index in [0.717, 1.165) is 5.56 Å². The van der Waals surface area contributed by atoms with Crippen molar-refractivity contribution in [3.63, 3.8) is 0 Å². The van der Waals surface area contributed by atoms with Crippen LogP contribution < -0.4 is 10.5 Å². The molecule has 1 unspecified atom stereocenters. The maximum Gasteiger partial charge on any atom is 0.210 e. The summed E-state index contributed by atoms with van der Waals surface area (Å²) in [5.41, 5.74) is 0.867. The SMILES string of the molecule is CC(NCCS(N)(=O)=O)c1cc(Cl)sc1Cl. The number of nitrogens with one attached hydrogen (secondary N) is 1. The van der Waals surface area contributed by atoms with Crippen molar-refractivity contribution in [2.45, 2.75) is 13.0 Å². The lowest BCUT2D eigenvalue weighted by Crippen LogP contribution is -2.28. The molecule has 4 nitrogen and oxygen atoms in total. The molecule has 92 valence electrons. The molecule has 1 heterocycles. The van der Waals surface area contributed by atoms with E-state index in [2.05, 4.69) is 5.32 Å². The first-order valence-corrected chi connectivity index (χ1v) is 7.77. The van der Waals surface area contributed by atoms with E-state index in [1.807, 2.05) is 6.92 Å². The van der Waals surface area contributed by atoms with Crippen molar-refractivity contribution < 1.29 is 8.42 Å². The highest BCUT2D eigenvalue weighted by Gasteiger charge is 2.13. The van der Waals surface area contributed by atoms with E-state index in [1.54, 1.807) is 6.07 Å². The van der Waals surface area contributed by atoms with Crippen LogP contribution in [-0.2, 0) is 10.0 Å². The van der Waals surface area contributed by atoms with Gasteiger partial charge in [0.15, 0.2) is 0 Å². The van der Waals surface area contributed by atoms with Crippen LogP contribution in [-0.4, -0.2) is 20.7 Å². The third kappa shape index (κ3) is 4.57. The molecule has 0 aromatic carbocycles. The molecule has 0 radical (unpaired) electrons. The highest BCUT2D eigenvalue weighted by Crippen LogP contribution is 2.34. The highest BCUT2D eigenvalue weighted by molar-refractivity contribution is 7.89. The zero-order valence-electron chi connectivity index (χ0n) is 8.54. The van der Waals surface area contributed by atoms with Crippen LogP contribution in [0.5, 0.6) is 0 Å². The van der Waals surface area contributed by atoms with Crippen molar-refractivity contribution in [1.29, 1.82) is 0 Å². The summed E-state index contributed by atoms with van der Waals surface area (Å²) < 4.78 is 22.6. The van der Waals surface area contributed by atoms with Gasteiger partial charge in [0.25, 0.3) is 0 Å². The summed E-state index contributed by atoms with van der Waals surface area (Å²) in [6, 6.07) is 1.71. The Hall–Kier alpha value is 0.150. The molecule has 0 saturated carbocycles. The standard InChI is InChI=1S/C8H12Cl2N2O2S2/c1-5(12-2-3-16(11,13)14)6-4-7(9)15-8(6)10/h4-5,12H,2-3H2,1H3,(H2,11,13,14). The van der Waals surface area contributed by atoms with Gasteiger partial charge >= 0.3 is 0 Å². The minimum atomic E-state index is -3.43. The van der Waals surface area contributed by atoms with Crippen LogP contribution >= 0.6 is 34.5 Å². The monoisotopic (exact) mass is 302 g/mol. The average molecular weight is 303 g/mol. The first-order valence-electron chi connectivity index (χ1n) is 4.48. The molecule has 16 heavy (non-hydrogen) atoms. The minimum absolute atomic E-state index is 0.0574. The molecule has 1 aromatic rings. The Kier molecular flexibility index (Phi) is 5.03. The molecule has 0 spiro atoms. The quantitative estimate of drug-likeness (QED) is 0.874. The number of sulfonamides is 1. The zero-order valence-corrected chi connectivity index (χ0v) is 11.7. The van der Waals surface area contributed by atoms with Gasteiger partial charge in [0.05, 0.1) is 14.4 Å². The molecule has 8 heteroatoms. The molecule has 0 aliphatic carbocycles. The molecular weight excluding hydrogens is 291 g/mol. The van der Waals surface area contributed by atoms with Crippen LogP contribution in [0.15, 0.2) is 6.07 Å². The van der Waals surface area contributed by atoms with Gasteiger partial charge in [0.2, 0.25) is 10.0 Å². The van der Waals surface area contributed by atoms with Crippen molar-refractivity contribution in [3.8, 4) is 0 Å². The molecule has 0 fully saturated rings. The van der Waals surface area contributed by atoms with Crippen LogP contribution in [0.25, 0.3) is 0 Å². The Morgan fingerprint density at radius 3 is 2.62 bits per heavy atom. The second kappa shape index (κ2) is 5.66. The zero-order chi connectivity index (χ0) is 12.3. The second-order valence-electron chi connectivity index (χ2n) is 3.32. The van der Waals surface area contributed by atoms with Crippen LogP contribution in [0.2, 0.25) is 8.67 Å². The van der Waals surface area contributed by atoms with Gasteiger partial charge in [-0.3, -0.25) is 0 Å². The molecular formula is C8H12Cl2N2O2S2. The minimum Gasteiger partial charge on any atom is -0.309 e. The molecule has 1 rings (SSSR count). The molecule has 0 amide bonds. The number of thiophene rings is 1. The fourth-order valence-corrected chi connectivity index (χ4v) is 3.22. The molecule has 0 aliphatic rings. The first-order chi connectivity index (χ1) is 7.29. The molecule has 0 saturated heterocycles. The molecule has 0 bridgehead atoms. The van der Waals surface area contributed by atoms with E-state index in [0.29, 0.717) is 8.67 Å². The highest BCUT2D eigenvalue weighted by atomic mass is 35.5. The summed E-state index contributed by atoms with van der Waals surface area (Å²) >= 11 is 13.1. The summed E-state index contributed by atoms with van der Waals surface area (Å²) in [7, 11) is -3.43. The van der Waals surface area contributed by atoms with Crippen LogP contribution in [0, 0.1) is 0 Å². The summed E-state index contributed by atoms with van der Waals surface area (Å²) in [5, 5.41) is 7.90. The third-order valence-corrected chi connectivity index (χ3v) is 4.28. The first kappa shape index (κ1) is 14.2. The Balaban J connectivity index is 2.53. The van der Waals surface area contributed by atoms with Gasteiger partial charge in [-0.2, -0.15) is 0 Å². The van der Waals surface area contributed by atoms with Gasteiger partial charge in [0.1, 0.15) is 0 Å². The van der Waals surface area contributed by atoms with Crippen LogP contribution in [0.3, 0.4) is 0 Å². The molecule has 1 aromatic heterocycles. The summed E-state index contributed by atoms with van der Waals surface area (Å²) in [4.78, 5) is 0. The number of hydrogen-bond donors (Lipinski definition) is 2. The average Bonchev–Trinajstić information content (AvgIpc) is 2.43. The summed E-state index contributed by atoms with van der Waals surface area (Å²) in [6.07, 6.45) is 0. The predicted molar refractivity (Wildman–Crippen MR) is 68.7 cm³/mol. The Labute approximate surface area is 109 Å². The van der Waals surface area contributed by atoms with Crippen molar-refractivity contribution in [2.75, 3.05) is 12.3 Å². The van der Waals surface area contributed by atoms with E-state index >= 15 is 0 Å². The van der Waals surface area contributed by atoms with Crippen molar-refractivity contribution in [1.82, 2.24) is 5.32 Å². The van der Waals surface area contributed by atoms with Crippen molar-refractivity contribution in [3.05, 3.63) is 20.3 Å². The van der Waals surface area contributed by atoms with E-state index in [1.165, 1.54) is 11.3 Å². The maximum absolute atomic E-state index is 10.7. The van der Waals surface area contributed by atoms with Gasteiger partial charge in [-0.1, -0.05) is 23.2 Å². The molecule has 1 atom stereocenters. The van der Waals surface area contributed by atoms with E-state index in [-0.39, 0.29) is 18.3 Å². The Morgan fingerprint density at radius 1 is 1.56 bits per heavy atom. The Morgan fingerprint density at radius 2 is 2.19 bits per heavy atom. The number of primary sulfonamides is 1. The number of nitrogens with two attached hydrogens (primary N) is 1. The van der Waals surface area contributed by atoms with Crippen LogP contribution in [0.1, 0.15) is 18.5 Å². The summed E-state index contributed by atoms with van der Waals surface area (Å²) in [5.74, 6) is -0.104. The fraction of sp³-hybridized carbons (Fsp3) is 0.500. The lowest BCUT2D eigenvalue weighted by atomic mass is 10.2. The van der Waals surface area contributed by atoms with E-state index < -0.39 is 10.0 Å². The summed E-state index contributed by atoms with van der Waals surface area (Å²) in [6.45, 7) is 2.16. The molecule has 3 N–H and O–H groups in total. The number of halogens is 2. The number of rotatable bonds is 5. The van der Waals surface area contributed by atoms with Gasteiger partial charge in [0, 0.05) is 12.6 Å². The third-order valence-electron chi connectivity index (χ3n) is 1.99. The normalized spacial score (nSPS) is 14.0. The lowest BCUT2D eigenvalue weighted by molar-refractivity contribution is 0.574. The Bertz CT molecular complexity index is 459. The smallest absolute Gasteiger partial charge is 0.210 e. The second-order valence-corrected chi connectivity index (χ2v) is 7.34. The predicted octanol–water partition coefficient (Wildman–Crippen LogP) is 1.99. The molecule has 0 aliphatic heterocycles. The van der Waals surface area contributed by atoms with E-state index in [9.17, 15) is 8.42 Å². The topological polar surface area (TPSA) is 72.2 Å². The van der Waals surface area contributed by atoms with Crippen LogP contribution in [0.4, 0.5) is 0 Å². The van der Waals surface area contributed by atoms with Gasteiger partial charge in [-0.25, -0.2) is 13.6 Å². The van der Waals surface area contributed by atoms with Crippen molar-refractivity contribution >= 4 is 44.6 Å². The lowest BCUT2D eigenvalue weighted by Gasteiger charge is -2.12. The van der Waals surface area contributed by atoms with Gasteiger partial charge in [-0.15, -0.1) is 11.3 Å². The van der Waals surface area contributed by atoms with E-state index in [4.69, 9.17) is 28.3 Å². The fourth-order valence-electron chi connectivity index (χ4n) is 1.18.